The Kier molecular flexibility index (Phi) is 3.13. The van der Waals surface area contributed by atoms with Crippen molar-refractivity contribution in [3.8, 4) is 5.75 Å². The summed E-state index contributed by atoms with van der Waals surface area (Å²) in [6, 6.07) is 10.6. The van der Waals surface area contributed by atoms with Crippen molar-refractivity contribution in [1.82, 2.24) is 0 Å². The number of hydrogen-bond donors (Lipinski definition) is 1. The summed E-state index contributed by atoms with van der Waals surface area (Å²) in [6.07, 6.45) is 0.923. The van der Waals surface area contributed by atoms with Gasteiger partial charge < -0.3 is 10.0 Å². The van der Waals surface area contributed by atoms with E-state index in [1.54, 1.807) is 12.1 Å². The number of nitrogens with zero attached hydrogens (tertiary/aromatic N) is 1. The van der Waals surface area contributed by atoms with E-state index in [0.717, 1.165) is 29.8 Å². The molecule has 1 aliphatic heterocycles. The lowest BCUT2D eigenvalue weighted by molar-refractivity contribution is 0.461. The molecule has 3 heteroatoms. The van der Waals surface area contributed by atoms with E-state index in [1.165, 1.54) is 11.6 Å². The van der Waals surface area contributed by atoms with Gasteiger partial charge in [-0.1, -0.05) is 23.8 Å². The topological polar surface area (TPSA) is 23.5 Å². The Balaban J connectivity index is 1.99. The Morgan fingerprint density at radius 3 is 2.80 bits per heavy atom. The van der Waals surface area contributed by atoms with Crippen LogP contribution in [-0.2, 0) is 6.42 Å². The first-order valence-electron chi connectivity index (χ1n) is 6.91. The average molecular weight is 271 g/mol. The van der Waals surface area contributed by atoms with Gasteiger partial charge >= 0.3 is 0 Å². The fraction of sp³-hybridized carbons (Fsp3) is 0.294. The number of phenols is 1. The maximum Gasteiger partial charge on any atom is 0.125 e. The van der Waals surface area contributed by atoms with Gasteiger partial charge in [-0.3, -0.25) is 0 Å². The Labute approximate surface area is 118 Å². The average Bonchev–Trinajstić information content (AvgIpc) is 2.83. The standard InChI is InChI=1S/C17H18FNO/c1-11-3-6-17(20)15(9-11)12(2)19-8-7-13-4-5-14(18)10-16(13)19/h3-6,9-10,12,20H,7-8H2,1-2H3. The molecule has 0 saturated carbocycles. The predicted molar refractivity (Wildman–Crippen MR) is 78.7 cm³/mol. The van der Waals surface area contributed by atoms with Gasteiger partial charge in [-0.2, -0.15) is 0 Å². The van der Waals surface area contributed by atoms with Crippen molar-refractivity contribution < 1.29 is 9.50 Å². The van der Waals surface area contributed by atoms with Crippen molar-refractivity contribution in [2.45, 2.75) is 26.3 Å². The molecule has 0 radical (unpaired) electrons. The minimum atomic E-state index is -0.212. The fourth-order valence-electron chi connectivity index (χ4n) is 2.96. The molecule has 0 saturated heterocycles. The van der Waals surface area contributed by atoms with Gasteiger partial charge in [0.15, 0.2) is 0 Å². The third-order valence-electron chi connectivity index (χ3n) is 4.08. The maximum atomic E-state index is 13.5. The third-order valence-corrected chi connectivity index (χ3v) is 4.08. The van der Waals surface area contributed by atoms with E-state index >= 15 is 0 Å². The first-order chi connectivity index (χ1) is 9.56. The second-order valence-corrected chi connectivity index (χ2v) is 5.45. The molecule has 2 aromatic carbocycles. The van der Waals surface area contributed by atoms with Crippen molar-refractivity contribution in [2.75, 3.05) is 11.4 Å². The van der Waals surface area contributed by atoms with Gasteiger partial charge in [-0.15, -0.1) is 0 Å². The van der Waals surface area contributed by atoms with Crippen LogP contribution in [0.4, 0.5) is 10.1 Å². The summed E-state index contributed by atoms with van der Waals surface area (Å²) in [7, 11) is 0. The van der Waals surface area contributed by atoms with Crippen LogP contribution in [0.15, 0.2) is 36.4 Å². The van der Waals surface area contributed by atoms with Crippen LogP contribution in [0.5, 0.6) is 5.75 Å². The zero-order valence-electron chi connectivity index (χ0n) is 11.7. The summed E-state index contributed by atoms with van der Waals surface area (Å²) in [5.41, 5.74) is 4.12. The lowest BCUT2D eigenvalue weighted by Gasteiger charge is -2.28. The van der Waals surface area contributed by atoms with Crippen LogP contribution in [-0.4, -0.2) is 11.7 Å². The normalized spacial score (nSPS) is 15.2. The highest BCUT2D eigenvalue weighted by molar-refractivity contribution is 5.60. The van der Waals surface area contributed by atoms with Crippen molar-refractivity contribution in [2.24, 2.45) is 0 Å². The van der Waals surface area contributed by atoms with E-state index in [2.05, 4.69) is 11.8 Å². The largest absolute Gasteiger partial charge is 0.508 e. The second-order valence-electron chi connectivity index (χ2n) is 5.45. The fourth-order valence-corrected chi connectivity index (χ4v) is 2.96. The smallest absolute Gasteiger partial charge is 0.125 e. The summed E-state index contributed by atoms with van der Waals surface area (Å²) in [5, 5.41) is 10.1. The van der Waals surface area contributed by atoms with Crippen molar-refractivity contribution in [3.63, 3.8) is 0 Å². The number of aryl methyl sites for hydroxylation is 1. The number of fused-ring (bicyclic) bond motifs is 1. The van der Waals surface area contributed by atoms with Crippen LogP contribution in [0.2, 0.25) is 0 Å². The van der Waals surface area contributed by atoms with Crippen LogP contribution < -0.4 is 4.90 Å². The van der Waals surface area contributed by atoms with Gasteiger partial charge in [0.1, 0.15) is 11.6 Å². The van der Waals surface area contributed by atoms with E-state index < -0.39 is 0 Å². The van der Waals surface area contributed by atoms with Gasteiger partial charge in [0, 0.05) is 17.8 Å². The zero-order chi connectivity index (χ0) is 14.3. The van der Waals surface area contributed by atoms with E-state index in [1.807, 2.05) is 25.1 Å². The SMILES string of the molecule is Cc1ccc(O)c(C(C)N2CCc3ccc(F)cc32)c1. The second kappa shape index (κ2) is 4.82. The maximum absolute atomic E-state index is 13.5. The first-order valence-corrected chi connectivity index (χ1v) is 6.91. The predicted octanol–water partition coefficient (Wildman–Crippen LogP) is 3.96. The molecule has 2 aromatic rings. The lowest BCUT2D eigenvalue weighted by atomic mass is 10.0. The molecule has 1 unspecified atom stereocenters. The monoisotopic (exact) mass is 271 g/mol. The van der Waals surface area contributed by atoms with Crippen molar-refractivity contribution in [1.29, 1.82) is 0 Å². The highest BCUT2D eigenvalue weighted by Gasteiger charge is 2.26. The molecule has 1 aliphatic rings. The van der Waals surface area contributed by atoms with Gasteiger partial charge in [-0.05, 0) is 44.0 Å². The number of benzene rings is 2. The Morgan fingerprint density at radius 2 is 2.00 bits per heavy atom. The molecule has 0 amide bonds. The highest BCUT2D eigenvalue weighted by Crippen LogP contribution is 2.38. The van der Waals surface area contributed by atoms with Gasteiger partial charge in [0.25, 0.3) is 0 Å². The van der Waals surface area contributed by atoms with E-state index in [0.29, 0.717) is 5.75 Å². The molecule has 1 heterocycles. The minimum absolute atomic E-state index is 0.0259. The summed E-state index contributed by atoms with van der Waals surface area (Å²) in [5.74, 6) is 0.0873. The summed E-state index contributed by atoms with van der Waals surface area (Å²) >= 11 is 0. The summed E-state index contributed by atoms with van der Waals surface area (Å²) in [4.78, 5) is 2.16. The van der Waals surface area contributed by atoms with Crippen LogP contribution in [0.1, 0.15) is 29.7 Å². The molecule has 3 rings (SSSR count). The number of phenolic OH excluding ortho intramolecular Hbond substituents is 1. The Bertz CT molecular complexity index is 653. The number of rotatable bonds is 2. The van der Waals surface area contributed by atoms with E-state index in [-0.39, 0.29) is 11.9 Å². The van der Waals surface area contributed by atoms with E-state index in [4.69, 9.17) is 0 Å². The van der Waals surface area contributed by atoms with Crippen LogP contribution in [0.3, 0.4) is 0 Å². The Morgan fingerprint density at radius 1 is 1.20 bits per heavy atom. The van der Waals surface area contributed by atoms with Crippen LogP contribution in [0, 0.1) is 12.7 Å². The molecular formula is C17H18FNO. The van der Waals surface area contributed by atoms with Gasteiger partial charge in [-0.25, -0.2) is 4.39 Å². The lowest BCUT2D eigenvalue weighted by Crippen LogP contribution is -2.24. The summed E-state index contributed by atoms with van der Waals surface area (Å²) in [6.45, 7) is 4.91. The minimum Gasteiger partial charge on any atom is -0.508 e. The molecule has 0 aromatic heterocycles. The molecule has 0 bridgehead atoms. The van der Waals surface area contributed by atoms with Crippen LogP contribution >= 0.6 is 0 Å². The molecule has 2 nitrogen and oxygen atoms in total. The first kappa shape index (κ1) is 13.0. The molecule has 1 N–H and O–H groups in total. The Hall–Kier alpha value is -2.03. The third kappa shape index (κ3) is 2.13. The number of hydrogen-bond acceptors (Lipinski definition) is 2. The molecule has 0 aliphatic carbocycles. The quantitative estimate of drug-likeness (QED) is 0.893. The summed E-state index contributed by atoms with van der Waals surface area (Å²) < 4.78 is 13.5. The molecule has 20 heavy (non-hydrogen) atoms. The number of anilines is 1. The number of aromatic hydroxyl groups is 1. The molecule has 0 fully saturated rings. The molecule has 104 valence electrons. The number of halogens is 1. The molecule has 0 spiro atoms. The van der Waals surface area contributed by atoms with Crippen LogP contribution in [0.25, 0.3) is 0 Å². The van der Waals surface area contributed by atoms with Crippen molar-refractivity contribution >= 4 is 5.69 Å². The van der Waals surface area contributed by atoms with E-state index in [9.17, 15) is 9.50 Å². The zero-order valence-corrected chi connectivity index (χ0v) is 11.7. The highest BCUT2D eigenvalue weighted by atomic mass is 19.1. The van der Waals surface area contributed by atoms with Gasteiger partial charge in [0.2, 0.25) is 0 Å². The van der Waals surface area contributed by atoms with Crippen molar-refractivity contribution in [3.05, 3.63) is 58.9 Å². The molecule has 1 atom stereocenters. The molecular weight excluding hydrogens is 253 g/mol. The van der Waals surface area contributed by atoms with Gasteiger partial charge in [0.05, 0.1) is 6.04 Å².